The first-order valence-corrected chi connectivity index (χ1v) is 6.14. The topological polar surface area (TPSA) is 75.1 Å². The normalized spacial score (nSPS) is 10.3. The Morgan fingerprint density at radius 3 is 2.75 bits per heavy atom. The van der Waals surface area contributed by atoms with Gasteiger partial charge in [0.1, 0.15) is 11.6 Å². The summed E-state index contributed by atoms with van der Waals surface area (Å²) in [5.74, 6) is -1.35. The number of carbonyl (C=O) groups is 1. The molecule has 0 aliphatic heterocycles. The molecule has 0 spiro atoms. The third kappa shape index (κ3) is 2.90. The lowest BCUT2D eigenvalue weighted by molar-refractivity contribution is 0.102. The molecule has 0 radical (unpaired) electrons. The highest BCUT2D eigenvalue weighted by Crippen LogP contribution is 2.20. The molecule has 1 aromatic carbocycles. The summed E-state index contributed by atoms with van der Waals surface area (Å²) in [4.78, 5) is 12.2. The van der Waals surface area contributed by atoms with E-state index in [1.165, 1.54) is 12.1 Å². The highest BCUT2D eigenvalue weighted by atomic mass is 19.1. The van der Waals surface area contributed by atoms with Crippen molar-refractivity contribution >= 4 is 11.6 Å². The van der Waals surface area contributed by atoms with E-state index in [4.69, 9.17) is 5.11 Å². The van der Waals surface area contributed by atoms with Crippen molar-refractivity contribution in [3.8, 4) is 5.75 Å². The van der Waals surface area contributed by atoms with Crippen LogP contribution in [0.4, 0.5) is 10.1 Å². The Hall–Kier alpha value is -2.50. The number of benzene rings is 1. The fourth-order valence-electron chi connectivity index (χ4n) is 1.77. The maximum atomic E-state index is 13.6. The second-order valence-electron chi connectivity index (χ2n) is 4.32. The lowest BCUT2D eigenvalue weighted by Gasteiger charge is -2.09. The van der Waals surface area contributed by atoms with Crippen molar-refractivity contribution in [2.24, 2.45) is 0 Å². The Balaban J connectivity index is 2.30. The minimum absolute atomic E-state index is 0.00400. The van der Waals surface area contributed by atoms with E-state index < -0.39 is 11.7 Å². The smallest absolute Gasteiger partial charge is 0.257 e. The Kier molecular flexibility index (Phi) is 3.93. The average Bonchev–Trinajstić information content (AvgIpc) is 2.41. The lowest BCUT2D eigenvalue weighted by Crippen LogP contribution is -2.17. The first-order chi connectivity index (χ1) is 9.51. The number of rotatable bonds is 3. The van der Waals surface area contributed by atoms with Gasteiger partial charge in [-0.2, -0.15) is 10.2 Å². The summed E-state index contributed by atoms with van der Waals surface area (Å²) in [5, 5.41) is 19.4. The summed E-state index contributed by atoms with van der Waals surface area (Å²) in [6.45, 7) is 3.58. The number of phenols is 1. The predicted molar refractivity (Wildman–Crippen MR) is 72.2 cm³/mol. The Morgan fingerprint density at radius 2 is 2.10 bits per heavy atom. The van der Waals surface area contributed by atoms with Crippen LogP contribution in [0.3, 0.4) is 0 Å². The van der Waals surface area contributed by atoms with Crippen molar-refractivity contribution in [2.45, 2.75) is 20.3 Å². The molecule has 20 heavy (non-hydrogen) atoms. The number of hydrogen-bond donors (Lipinski definition) is 2. The van der Waals surface area contributed by atoms with Crippen LogP contribution in [0.1, 0.15) is 28.7 Å². The van der Waals surface area contributed by atoms with Crippen molar-refractivity contribution in [2.75, 3.05) is 5.32 Å². The summed E-state index contributed by atoms with van der Waals surface area (Å²) in [5.41, 5.74) is 1.53. The molecule has 2 rings (SSSR count). The number of phenolic OH excluding ortho intramolecular Hbond substituents is 1. The zero-order valence-electron chi connectivity index (χ0n) is 11.1. The van der Waals surface area contributed by atoms with Crippen LogP contribution in [0.5, 0.6) is 5.75 Å². The number of hydrogen-bond acceptors (Lipinski definition) is 4. The van der Waals surface area contributed by atoms with Gasteiger partial charge in [-0.25, -0.2) is 4.39 Å². The van der Waals surface area contributed by atoms with Crippen LogP contribution in [0, 0.1) is 12.7 Å². The molecule has 104 valence electrons. The number of carbonyl (C=O) groups excluding carboxylic acids is 1. The van der Waals surface area contributed by atoms with Gasteiger partial charge in [-0.05, 0) is 31.5 Å². The van der Waals surface area contributed by atoms with E-state index in [1.54, 1.807) is 13.0 Å². The molecule has 2 N–H and O–H groups in total. The molecule has 1 heterocycles. The van der Waals surface area contributed by atoms with Crippen LogP contribution >= 0.6 is 0 Å². The van der Waals surface area contributed by atoms with Crippen LogP contribution in [-0.2, 0) is 6.42 Å². The van der Waals surface area contributed by atoms with Crippen LogP contribution in [0.2, 0.25) is 0 Å². The number of halogens is 1. The van der Waals surface area contributed by atoms with Crippen LogP contribution in [0.15, 0.2) is 24.3 Å². The molecule has 1 amide bonds. The third-order valence-electron chi connectivity index (χ3n) is 2.77. The second-order valence-corrected chi connectivity index (χ2v) is 4.32. The van der Waals surface area contributed by atoms with Gasteiger partial charge in [-0.3, -0.25) is 4.79 Å². The Morgan fingerprint density at radius 1 is 1.35 bits per heavy atom. The molecule has 0 saturated carbocycles. The van der Waals surface area contributed by atoms with Gasteiger partial charge < -0.3 is 10.4 Å². The molecule has 0 aliphatic rings. The SMILES string of the molecule is CCc1nnc(C)cc1C(=O)Nc1ccc(O)cc1F. The summed E-state index contributed by atoms with van der Waals surface area (Å²) >= 11 is 0. The number of aromatic hydroxyl groups is 1. The summed E-state index contributed by atoms with van der Waals surface area (Å²) in [6.07, 6.45) is 0.550. The summed E-state index contributed by atoms with van der Waals surface area (Å²) in [6, 6.07) is 5.15. The minimum atomic E-state index is -0.699. The zero-order chi connectivity index (χ0) is 14.7. The van der Waals surface area contributed by atoms with Gasteiger partial charge in [0.15, 0.2) is 0 Å². The second kappa shape index (κ2) is 5.64. The van der Waals surface area contributed by atoms with Gasteiger partial charge in [-0.15, -0.1) is 0 Å². The number of amides is 1. The molecule has 5 nitrogen and oxygen atoms in total. The number of anilines is 1. The molecular weight excluding hydrogens is 261 g/mol. The van der Waals surface area contributed by atoms with E-state index in [0.29, 0.717) is 23.4 Å². The number of aryl methyl sites for hydroxylation is 2. The zero-order valence-corrected chi connectivity index (χ0v) is 11.1. The summed E-state index contributed by atoms with van der Waals surface area (Å²) < 4.78 is 13.6. The quantitative estimate of drug-likeness (QED) is 0.844. The fourth-order valence-corrected chi connectivity index (χ4v) is 1.77. The lowest BCUT2D eigenvalue weighted by atomic mass is 10.1. The van der Waals surface area contributed by atoms with E-state index in [0.717, 1.165) is 6.07 Å². The first-order valence-electron chi connectivity index (χ1n) is 6.14. The van der Waals surface area contributed by atoms with E-state index >= 15 is 0 Å². The van der Waals surface area contributed by atoms with Crippen molar-refractivity contribution in [1.29, 1.82) is 0 Å². The molecule has 0 atom stereocenters. The van der Waals surface area contributed by atoms with E-state index in [2.05, 4.69) is 15.5 Å². The molecule has 1 aromatic heterocycles. The maximum Gasteiger partial charge on any atom is 0.257 e. The van der Waals surface area contributed by atoms with E-state index in [-0.39, 0.29) is 11.4 Å². The molecule has 0 aliphatic carbocycles. The molecule has 0 unspecified atom stereocenters. The van der Waals surface area contributed by atoms with Crippen molar-refractivity contribution in [3.05, 3.63) is 47.0 Å². The largest absolute Gasteiger partial charge is 0.508 e. The number of nitrogens with zero attached hydrogens (tertiary/aromatic N) is 2. The van der Waals surface area contributed by atoms with Crippen LogP contribution in [-0.4, -0.2) is 21.2 Å². The predicted octanol–water partition coefficient (Wildman–Crippen LogP) is 2.44. The van der Waals surface area contributed by atoms with Gasteiger partial charge in [0.2, 0.25) is 0 Å². The van der Waals surface area contributed by atoms with Gasteiger partial charge in [-0.1, -0.05) is 6.92 Å². The highest BCUT2D eigenvalue weighted by Gasteiger charge is 2.15. The van der Waals surface area contributed by atoms with E-state index in [1.807, 2.05) is 6.92 Å². The van der Waals surface area contributed by atoms with Gasteiger partial charge in [0, 0.05) is 6.07 Å². The standard InChI is InChI=1S/C14H14FN3O2/c1-3-12-10(6-8(2)17-18-12)14(20)16-13-5-4-9(19)7-11(13)15/h4-7,19H,3H2,1-2H3,(H,16,20). The molecule has 0 saturated heterocycles. The fraction of sp³-hybridized carbons (Fsp3) is 0.214. The van der Waals surface area contributed by atoms with Crippen molar-refractivity contribution in [1.82, 2.24) is 10.2 Å². The summed E-state index contributed by atoms with van der Waals surface area (Å²) in [7, 11) is 0. The first kappa shape index (κ1) is 13.9. The van der Waals surface area contributed by atoms with E-state index in [9.17, 15) is 9.18 Å². The number of nitrogens with one attached hydrogen (secondary N) is 1. The van der Waals surface area contributed by atoms with Crippen LogP contribution in [0.25, 0.3) is 0 Å². The Labute approximate surface area is 115 Å². The molecule has 0 bridgehead atoms. The van der Waals surface area contributed by atoms with Crippen LogP contribution < -0.4 is 5.32 Å². The Bertz CT molecular complexity index is 659. The minimum Gasteiger partial charge on any atom is -0.508 e. The molecule has 0 fully saturated rings. The molecule has 2 aromatic rings. The number of aromatic nitrogens is 2. The van der Waals surface area contributed by atoms with Gasteiger partial charge >= 0.3 is 0 Å². The monoisotopic (exact) mass is 275 g/mol. The van der Waals surface area contributed by atoms with Crippen molar-refractivity contribution < 1.29 is 14.3 Å². The average molecular weight is 275 g/mol. The highest BCUT2D eigenvalue weighted by molar-refractivity contribution is 6.05. The van der Waals surface area contributed by atoms with Gasteiger partial charge in [0.25, 0.3) is 5.91 Å². The molecular formula is C14H14FN3O2. The van der Waals surface area contributed by atoms with Gasteiger partial charge in [0.05, 0.1) is 22.6 Å². The van der Waals surface area contributed by atoms with Crippen molar-refractivity contribution in [3.63, 3.8) is 0 Å². The third-order valence-corrected chi connectivity index (χ3v) is 2.77. The molecule has 6 heteroatoms. The maximum absolute atomic E-state index is 13.6.